The van der Waals surface area contributed by atoms with Crippen molar-refractivity contribution in [1.29, 1.82) is 0 Å². The van der Waals surface area contributed by atoms with Crippen LogP contribution in [0.1, 0.15) is 11.3 Å². The second-order valence-electron chi connectivity index (χ2n) is 5.14. The van der Waals surface area contributed by atoms with Crippen LogP contribution in [0.15, 0.2) is 48.9 Å². The molecule has 0 saturated heterocycles. The summed E-state index contributed by atoms with van der Waals surface area (Å²) in [5.41, 5.74) is 2.07. The van der Waals surface area contributed by atoms with Crippen LogP contribution in [0.3, 0.4) is 0 Å². The first kappa shape index (κ1) is 16.4. The van der Waals surface area contributed by atoms with Crippen LogP contribution in [0.2, 0.25) is 5.02 Å². The van der Waals surface area contributed by atoms with Crippen LogP contribution >= 0.6 is 11.6 Å². The molecule has 3 aromatic rings. The van der Waals surface area contributed by atoms with Crippen LogP contribution < -0.4 is 0 Å². The van der Waals surface area contributed by atoms with Crippen molar-refractivity contribution in [3.05, 3.63) is 65.2 Å². The number of aromatic nitrogens is 3. The first-order valence-corrected chi connectivity index (χ1v) is 7.35. The predicted molar refractivity (Wildman–Crippen MR) is 85.4 cm³/mol. The Kier molecular flexibility index (Phi) is 4.24. The van der Waals surface area contributed by atoms with Crippen LogP contribution in [0, 0.1) is 6.92 Å². The van der Waals surface area contributed by atoms with Gasteiger partial charge >= 0.3 is 6.18 Å². The Morgan fingerprint density at radius 2 is 1.67 bits per heavy atom. The molecule has 0 fully saturated rings. The topological polar surface area (TPSA) is 38.7 Å². The van der Waals surface area contributed by atoms with Crippen molar-refractivity contribution in [3.63, 3.8) is 0 Å². The molecule has 0 N–H and O–H groups in total. The van der Waals surface area contributed by atoms with E-state index in [0.29, 0.717) is 33.2 Å². The first-order valence-electron chi connectivity index (χ1n) is 6.97. The van der Waals surface area contributed by atoms with Gasteiger partial charge in [0.25, 0.3) is 0 Å². The highest BCUT2D eigenvalue weighted by atomic mass is 35.5. The molecule has 0 amide bonds. The van der Waals surface area contributed by atoms with Gasteiger partial charge in [0.1, 0.15) is 0 Å². The Labute approximate surface area is 141 Å². The Morgan fingerprint density at radius 1 is 0.958 bits per heavy atom. The molecule has 122 valence electrons. The molecule has 3 rings (SSSR count). The molecule has 1 aromatic carbocycles. The van der Waals surface area contributed by atoms with Crippen molar-refractivity contribution >= 4 is 11.6 Å². The average molecular weight is 350 g/mol. The predicted octanol–water partition coefficient (Wildman–Crippen LogP) is 5.19. The van der Waals surface area contributed by atoms with Gasteiger partial charge in [-0.15, -0.1) is 0 Å². The fourth-order valence-electron chi connectivity index (χ4n) is 2.26. The number of rotatable bonds is 2. The molecule has 0 unspecified atom stereocenters. The molecule has 0 spiro atoms. The summed E-state index contributed by atoms with van der Waals surface area (Å²) in [6, 6.07) is 6.49. The van der Waals surface area contributed by atoms with E-state index in [1.165, 1.54) is 18.3 Å². The molecule has 0 radical (unpaired) electrons. The molecule has 0 aliphatic rings. The van der Waals surface area contributed by atoms with E-state index in [1.54, 1.807) is 25.4 Å². The van der Waals surface area contributed by atoms with E-state index in [9.17, 15) is 13.2 Å². The fourth-order valence-corrected chi connectivity index (χ4v) is 2.47. The van der Waals surface area contributed by atoms with Crippen molar-refractivity contribution in [2.75, 3.05) is 0 Å². The highest BCUT2D eigenvalue weighted by Gasteiger charge is 2.30. The molecule has 7 heteroatoms. The number of benzene rings is 1. The number of pyridine rings is 1. The zero-order valence-electron chi connectivity index (χ0n) is 12.5. The van der Waals surface area contributed by atoms with Gasteiger partial charge in [-0.2, -0.15) is 13.2 Å². The maximum Gasteiger partial charge on any atom is 0.416 e. The summed E-state index contributed by atoms with van der Waals surface area (Å²) in [7, 11) is 0. The summed E-state index contributed by atoms with van der Waals surface area (Å²) in [4.78, 5) is 12.7. The van der Waals surface area contributed by atoms with Crippen LogP contribution in [0.25, 0.3) is 22.5 Å². The SMILES string of the molecule is Cc1cnc(-c2ccc(C(F)(F)F)cc2)c(-c2ccncc2Cl)n1. The van der Waals surface area contributed by atoms with E-state index in [1.807, 2.05) is 0 Å². The molecule has 2 heterocycles. The van der Waals surface area contributed by atoms with Crippen LogP contribution in [0.4, 0.5) is 13.2 Å². The molecule has 24 heavy (non-hydrogen) atoms. The molecular formula is C17H11ClF3N3. The minimum absolute atomic E-state index is 0.394. The summed E-state index contributed by atoms with van der Waals surface area (Å²) in [6.45, 7) is 1.78. The van der Waals surface area contributed by atoms with E-state index >= 15 is 0 Å². The first-order chi connectivity index (χ1) is 11.4. The monoisotopic (exact) mass is 349 g/mol. The number of hydrogen-bond donors (Lipinski definition) is 0. The standard InChI is InChI=1S/C17H11ClF3N3/c1-10-8-23-15(11-2-4-12(5-3-11)17(19,20)21)16(24-10)13-6-7-22-9-14(13)18/h2-9H,1H3. The van der Waals surface area contributed by atoms with Gasteiger partial charge in [0.2, 0.25) is 0 Å². The van der Waals surface area contributed by atoms with Gasteiger partial charge < -0.3 is 0 Å². The van der Waals surface area contributed by atoms with E-state index in [2.05, 4.69) is 15.0 Å². The van der Waals surface area contributed by atoms with Crippen LogP contribution in [-0.2, 0) is 6.18 Å². The van der Waals surface area contributed by atoms with Gasteiger partial charge in [-0.1, -0.05) is 23.7 Å². The normalized spacial score (nSPS) is 11.5. The molecule has 2 aromatic heterocycles. The largest absolute Gasteiger partial charge is 0.416 e. The zero-order chi connectivity index (χ0) is 17.3. The van der Waals surface area contributed by atoms with Gasteiger partial charge in [0.05, 0.1) is 27.7 Å². The third-order valence-electron chi connectivity index (χ3n) is 3.41. The lowest BCUT2D eigenvalue weighted by atomic mass is 10.0. The number of alkyl halides is 3. The highest BCUT2D eigenvalue weighted by molar-refractivity contribution is 6.33. The number of hydrogen-bond acceptors (Lipinski definition) is 3. The molecule has 0 saturated carbocycles. The second kappa shape index (κ2) is 6.20. The molecule has 3 nitrogen and oxygen atoms in total. The van der Waals surface area contributed by atoms with Crippen molar-refractivity contribution in [3.8, 4) is 22.5 Å². The van der Waals surface area contributed by atoms with Crippen molar-refractivity contribution in [2.45, 2.75) is 13.1 Å². The van der Waals surface area contributed by atoms with Crippen molar-refractivity contribution < 1.29 is 13.2 Å². The van der Waals surface area contributed by atoms with Gasteiger partial charge in [-0.25, -0.2) is 4.98 Å². The Morgan fingerprint density at radius 3 is 2.29 bits per heavy atom. The Hall–Kier alpha value is -2.47. The number of aryl methyl sites for hydroxylation is 1. The third kappa shape index (κ3) is 3.23. The average Bonchev–Trinajstić information content (AvgIpc) is 2.54. The maximum atomic E-state index is 12.7. The molecule has 0 aliphatic heterocycles. The lowest BCUT2D eigenvalue weighted by Gasteiger charge is -2.11. The van der Waals surface area contributed by atoms with Crippen LogP contribution in [0.5, 0.6) is 0 Å². The van der Waals surface area contributed by atoms with Gasteiger partial charge in [0, 0.05) is 29.7 Å². The van der Waals surface area contributed by atoms with E-state index in [0.717, 1.165) is 12.1 Å². The Balaban J connectivity index is 2.14. The minimum atomic E-state index is -4.38. The molecule has 0 aliphatic carbocycles. The Bertz CT molecular complexity index is 877. The molecule has 0 bridgehead atoms. The summed E-state index contributed by atoms with van der Waals surface area (Å²) in [5, 5.41) is 0.394. The van der Waals surface area contributed by atoms with E-state index in [4.69, 9.17) is 11.6 Å². The summed E-state index contributed by atoms with van der Waals surface area (Å²) >= 11 is 6.18. The quantitative estimate of drug-likeness (QED) is 0.639. The van der Waals surface area contributed by atoms with E-state index in [-0.39, 0.29) is 0 Å². The highest BCUT2D eigenvalue weighted by Crippen LogP contribution is 2.35. The smallest absolute Gasteiger partial charge is 0.263 e. The molecular weight excluding hydrogens is 339 g/mol. The van der Waals surface area contributed by atoms with Crippen LogP contribution in [-0.4, -0.2) is 15.0 Å². The zero-order valence-corrected chi connectivity index (χ0v) is 13.2. The summed E-state index contributed by atoms with van der Waals surface area (Å²) in [6.07, 6.45) is 0.236. The number of nitrogens with zero attached hydrogens (tertiary/aromatic N) is 3. The summed E-state index contributed by atoms with van der Waals surface area (Å²) in [5.74, 6) is 0. The number of halogens is 4. The minimum Gasteiger partial charge on any atom is -0.263 e. The third-order valence-corrected chi connectivity index (χ3v) is 3.71. The van der Waals surface area contributed by atoms with E-state index < -0.39 is 11.7 Å². The molecule has 0 atom stereocenters. The summed E-state index contributed by atoms with van der Waals surface area (Å²) < 4.78 is 38.2. The lowest BCUT2D eigenvalue weighted by molar-refractivity contribution is -0.137. The fraction of sp³-hybridized carbons (Fsp3) is 0.118. The van der Waals surface area contributed by atoms with Gasteiger partial charge in [0.15, 0.2) is 0 Å². The van der Waals surface area contributed by atoms with Gasteiger partial charge in [-0.05, 0) is 25.1 Å². The second-order valence-corrected chi connectivity index (χ2v) is 5.55. The lowest BCUT2D eigenvalue weighted by Crippen LogP contribution is -2.04. The van der Waals surface area contributed by atoms with Crippen molar-refractivity contribution in [2.24, 2.45) is 0 Å². The van der Waals surface area contributed by atoms with Crippen molar-refractivity contribution in [1.82, 2.24) is 15.0 Å². The maximum absolute atomic E-state index is 12.7. The van der Waals surface area contributed by atoms with Gasteiger partial charge in [-0.3, -0.25) is 9.97 Å².